The Morgan fingerprint density at radius 3 is 2.71 bits per heavy atom. The van der Waals surface area contributed by atoms with E-state index in [9.17, 15) is 13.2 Å². The van der Waals surface area contributed by atoms with Gasteiger partial charge in [0, 0.05) is 11.6 Å². The quantitative estimate of drug-likeness (QED) is 0.904. The summed E-state index contributed by atoms with van der Waals surface area (Å²) in [4.78, 5) is 3.96. The van der Waals surface area contributed by atoms with Gasteiger partial charge in [-0.15, -0.1) is 0 Å². The fraction of sp³-hybridized carbons (Fsp3) is 0.300. The number of aromatic nitrogens is 2. The fourth-order valence-electron chi connectivity index (χ4n) is 1.60. The molecule has 1 heterocycles. The minimum absolute atomic E-state index is 0.0616. The molecule has 2 N–H and O–H groups in total. The van der Waals surface area contributed by atoms with Crippen molar-refractivity contribution in [3.8, 4) is 0 Å². The lowest BCUT2D eigenvalue weighted by atomic mass is 10.3. The highest BCUT2D eigenvalue weighted by atomic mass is 35.5. The van der Waals surface area contributed by atoms with Crippen molar-refractivity contribution < 1.29 is 13.2 Å². The molecule has 0 saturated heterocycles. The van der Waals surface area contributed by atoms with Crippen molar-refractivity contribution in [2.24, 2.45) is 0 Å². The molecule has 0 saturated carbocycles. The van der Waals surface area contributed by atoms with Gasteiger partial charge in [-0.25, -0.2) is 4.98 Å². The topological polar surface area (TPSA) is 43.8 Å². The van der Waals surface area contributed by atoms with Crippen molar-refractivity contribution >= 4 is 28.6 Å². The first kappa shape index (κ1) is 12.0. The molecule has 0 aliphatic carbocycles. The van der Waals surface area contributed by atoms with Crippen LogP contribution in [0.4, 0.5) is 19.1 Å². The number of rotatable bonds is 2. The fourth-order valence-corrected chi connectivity index (χ4v) is 1.76. The molecule has 17 heavy (non-hydrogen) atoms. The van der Waals surface area contributed by atoms with E-state index < -0.39 is 12.6 Å². The predicted octanol–water partition coefficient (Wildman–Crippen LogP) is 3.22. The van der Waals surface area contributed by atoms with Crippen LogP contribution in [0, 0.1) is 0 Å². The van der Waals surface area contributed by atoms with Crippen molar-refractivity contribution in [3.05, 3.63) is 23.2 Å². The van der Waals surface area contributed by atoms with Crippen molar-refractivity contribution in [1.29, 1.82) is 0 Å². The van der Waals surface area contributed by atoms with E-state index in [-0.39, 0.29) is 12.5 Å². The van der Waals surface area contributed by atoms with Gasteiger partial charge < -0.3 is 10.3 Å². The standard InChI is InChI=1S/C10H9ClF3N3/c11-6-1-2-8-7(5-6)16-9(15)17(8)4-3-10(12,13)14/h1-2,5H,3-4H2,(H2,15,16). The number of fused-ring (bicyclic) bond motifs is 1. The molecule has 92 valence electrons. The Morgan fingerprint density at radius 2 is 2.06 bits per heavy atom. The van der Waals surface area contributed by atoms with E-state index in [1.807, 2.05) is 0 Å². The van der Waals surface area contributed by atoms with Gasteiger partial charge in [0.05, 0.1) is 17.5 Å². The largest absolute Gasteiger partial charge is 0.390 e. The molecular weight excluding hydrogens is 255 g/mol. The SMILES string of the molecule is Nc1nc2cc(Cl)ccc2n1CCC(F)(F)F. The molecule has 0 spiro atoms. The van der Waals surface area contributed by atoms with Crippen LogP contribution in [0.15, 0.2) is 18.2 Å². The molecule has 0 amide bonds. The van der Waals surface area contributed by atoms with Gasteiger partial charge in [0.15, 0.2) is 0 Å². The Balaban J connectivity index is 2.36. The van der Waals surface area contributed by atoms with Crippen LogP contribution in [0.2, 0.25) is 5.02 Å². The molecule has 0 unspecified atom stereocenters. The molecule has 7 heteroatoms. The van der Waals surface area contributed by atoms with Crippen LogP contribution in [-0.4, -0.2) is 15.7 Å². The average molecular weight is 264 g/mol. The summed E-state index contributed by atoms with van der Waals surface area (Å²) in [5.74, 6) is 0.0616. The normalized spacial score (nSPS) is 12.2. The zero-order chi connectivity index (χ0) is 12.6. The molecular formula is C10H9ClF3N3. The number of nitrogens with two attached hydrogens (primary N) is 1. The zero-order valence-corrected chi connectivity index (χ0v) is 9.39. The van der Waals surface area contributed by atoms with Crippen LogP contribution in [0.3, 0.4) is 0 Å². The lowest BCUT2D eigenvalue weighted by Gasteiger charge is -2.08. The summed E-state index contributed by atoms with van der Waals surface area (Å²) in [7, 11) is 0. The first-order valence-corrected chi connectivity index (χ1v) is 5.22. The maximum Gasteiger partial charge on any atom is 0.390 e. The molecule has 0 radical (unpaired) electrons. The van der Waals surface area contributed by atoms with Crippen LogP contribution in [0.5, 0.6) is 0 Å². The molecule has 0 bridgehead atoms. The van der Waals surface area contributed by atoms with Gasteiger partial charge >= 0.3 is 6.18 Å². The number of hydrogen-bond acceptors (Lipinski definition) is 2. The molecule has 2 aromatic rings. The summed E-state index contributed by atoms with van der Waals surface area (Å²) in [5.41, 5.74) is 6.62. The number of benzene rings is 1. The summed E-state index contributed by atoms with van der Waals surface area (Å²) >= 11 is 5.76. The third-order valence-corrected chi connectivity index (χ3v) is 2.59. The monoisotopic (exact) mass is 263 g/mol. The van der Waals surface area contributed by atoms with Crippen molar-refractivity contribution in [3.63, 3.8) is 0 Å². The van der Waals surface area contributed by atoms with Gasteiger partial charge in [0.1, 0.15) is 0 Å². The van der Waals surface area contributed by atoms with Crippen LogP contribution < -0.4 is 5.73 Å². The van der Waals surface area contributed by atoms with E-state index in [2.05, 4.69) is 4.98 Å². The van der Waals surface area contributed by atoms with E-state index in [0.717, 1.165) is 0 Å². The minimum Gasteiger partial charge on any atom is -0.369 e. The second kappa shape index (κ2) is 4.10. The van der Waals surface area contributed by atoms with Gasteiger partial charge in [-0.05, 0) is 18.2 Å². The van der Waals surface area contributed by atoms with E-state index in [1.54, 1.807) is 18.2 Å². The lowest BCUT2D eigenvalue weighted by molar-refractivity contribution is -0.136. The summed E-state index contributed by atoms with van der Waals surface area (Å²) < 4.78 is 37.8. The average Bonchev–Trinajstić information content (AvgIpc) is 2.48. The Morgan fingerprint density at radius 1 is 1.35 bits per heavy atom. The maximum absolute atomic E-state index is 12.1. The first-order chi connectivity index (χ1) is 7.87. The molecule has 3 nitrogen and oxygen atoms in total. The predicted molar refractivity (Wildman–Crippen MR) is 59.8 cm³/mol. The summed E-state index contributed by atoms with van der Waals surface area (Å²) in [5, 5.41) is 0.470. The minimum atomic E-state index is -4.21. The Labute approximate surface area is 100.0 Å². The number of nitrogen functional groups attached to an aromatic ring is 1. The lowest BCUT2D eigenvalue weighted by Crippen LogP contribution is -2.13. The molecule has 2 rings (SSSR count). The molecule has 1 aromatic heterocycles. The summed E-state index contributed by atoms with van der Waals surface area (Å²) in [6.45, 7) is -0.243. The summed E-state index contributed by atoms with van der Waals surface area (Å²) in [6, 6.07) is 4.77. The van der Waals surface area contributed by atoms with E-state index >= 15 is 0 Å². The Bertz CT molecular complexity index is 547. The third-order valence-electron chi connectivity index (χ3n) is 2.36. The third kappa shape index (κ3) is 2.63. The molecule has 0 aliphatic rings. The number of hydrogen-bond donors (Lipinski definition) is 1. The highest BCUT2D eigenvalue weighted by Gasteiger charge is 2.27. The van der Waals surface area contributed by atoms with Crippen LogP contribution in [0.1, 0.15) is 6.42 Å². The van der Waals surface area contributed by atoms with E-state index in [0.29, 0.717) is 16.1 Å². The Hall–Kier alpha value is -1.43. The van der Waals surface area contributed by atoms with Gasteiger partial charge in [0.2, 0.25) is 5.95 Å². The van der Waals surface area contributed by atoms with Crippen molar-refractivity contribution in [1.82, 2.24) is 9.55 Å². The maximum atomic E-state index is 12.1. The number of halogens is 4. The highest BCUT2D eigenvalue weighted by molar-refractivity contribution is 6.31. The van der Waals surface area contributed by atoms with Gasteiger partial charge in [-0.2, -0.15) is 13.2 Å². The van der Waals surface area contributed by atoms with Gasteiger partial charge in [-0.1, -0.05) is 11.6 Å². The zero-order valence-electron chi connectivity index (χ0n) is 8.63. The van der Waals surface area contributed by atoms with Crippen molar-refractivity contribution in [2.45, 2.75) is 19.1 Å². The number of anilines is 1. The summed E-state index contributed by atoms with van der Waals surface area (Å²) in [6.07, 6.45) is -5.15. The van der Waals surface area contributed by atoms with Crippen LogP contribution in [0.25, 0.3) is 11.0 Å². The molecule has 0 atom stereocenters. The van der Waals surface area contributed by atoms with Crippen molar-refractivity contribution in [2.75, 3.05) is 5.73 Å². The molecule has 1 aromatic carbocycles. The van der Waals surface area contributed by atoms with Gasteiger partial charge in [-0.3, -0.25) is 0 Å². The van der Waals surface area contributed by atoms with E-state index in [1.165, 1.54) is 4.57 Å². The highest BCUT2D eigenvalue weighted by Crippen LogP contribution is 2.25. The second-order valence-electron chi connectivity index (χ2n) is 3.62. The number of aryl methyl sites for hydroxylation is 1. The Kier molecular flexibility index (Phi) is 2.91. The number of nitrogens with zero attached hydrogens (tertiary/aromatic N) is 2. The second-order valence-corrected chi connectivity index (χ2v) is 4.06. The molecule has 0 aliphatic heterocycles. The first-order valence-electron chi connectivity index (χ1n) is 4.85. The van der Waals surface area contributed by atoms with Crippen LogP contribution in [-0.2, 0) is 6.54 Å². The number of alkyl halides is 3. The number of imidazole rings is 1. The molecule has 0 fully saturated rings. The van der Waals surface area contributed by atoms with E-state index in [4.69, 9.17) is 17.3 Å². The smallest absolute Gasteiger partial charge is 0.369 e. The van der Waals surface area contributed by atoms with Crippen LogP contribution >= 0.6 is 11.6 Å². The van der Waals surface area contributed by atoms with Gasteiger partial charge in [0.25, 0.3) is 0 Å².